The highest BCUT2D eigenvalue weighted by Crippen LogP contribution is 2.07. The number of aliphatic hydroxyl groups is 1. The van der Waals surface area contributed by atoms with Crippen molar-refractivity contribution in [3.05, 3.63) is 41.7 Å². The third-order valence-electron chi connectivity index (χ3n) is 2.75. The largest absolute Gasteiger partial charge is 0.396 e. The molecule has 1 aromatic rings. The zero-order chi connectivity index (χ0) is 14.3. The summed E-state index contributed by atoms with van der Waals surface area (Å²) in [6, 6.07) is 6.03. The number of nitrogens with zero attached hydrogens (tertiary/aromatic N) is 1. The van der Waals surface area contributed by atoms with Crippen LogP contribution in [0.15, 0.2) is 30.3 Å². The maximum atomic E-state index is 12.7. The molecule has 104 valence electrons. The van der Waals surface area contributed by atoms with Gasteiger partial charge in [-0.15, -0.1) is 0 Å². The second-order valence-corrected chi connectivity index (χ2v) is 4.59. The fourth-order valence-corrected chi connectivity index (χ4v) is 1.70. The van der Waals surface area contributed by atoms with Crippen molar-refractivity contribution < 1.29 is 14.3 Å². The van der Waals surface area contributed by atoms with Gasteiger partial charge in [-0.3, -0.25) is 4.79 Å². The van der Waals surface area contributed by atoms with Crippen LogP contribution in [0.1, 0.15) is 25.8 Å². The molecule has 0 saturated heterocycles. The van der Waals surface area contributed by atoms with Gasteiger partial charge >= 0.3 is 0 Å². The smallest absolute Gasteiger partial charge is 0.246 e. The summed E-state index contributed by atoms with van der Waals surface area (Å²) in [4.78, 5) is 13.7. The topological polar surface area (TPSA) is 40.5 Å². The van der Waals surface area contributed by atoms with Gasteiger partial charge in [0.2, 0.25) is 5.91 Å². The fraction of sp³-hybridized carbons (Fsp3) is 0.400. The Kier molecular flexibility index (Phi) is 6.22. The zero-order valence-corrected chi connectivity index (χ0v) is 11.3. The Morgan fingerprint density at radius 2 is 2.00 bits per heavy atom. The van der Waals surface area contributed by atoms with Crippen molar-refractivity contribution in [2.75, 3.05) is 13.2 Å². The summed E-state index contributed by atoms with van der Waals surface area (Å²) in [5, 5.41) is 8.82. The quantitative estimate of drug-likeness (QED) is 0.803. The summed E-state index contributed by atoms with van der Waals surface area (Å²) < 4.78 is 12.7. The summed E-state index contributed by atoms with van der Waals surface area (Å²) in [6.07, 6.45) is 3.70. The van der Waals surface area contributed by atoms with Crippen LogP contribution in [-0.2, 0) is 4.79 Å². The number of rotatable bonds is 6. The van der Waals surface area contributed by atoms with E-state index in [0.29, 0.717) is 13.0 Å². The van der Waals surface area contributed by atoms with E-state index < -0.39 is 0 Å². The van der Waals surface area contributed by atoms with Crippen LogP contribution in [0.2, 0.25) is 0 Å². The number of amides is 1. The minimum Gasteiger partial charge on any atom is -0.396 e. The van der Waals surface area contributed by atoms with Crippen molar-refractivity contribution in [1.29, 1.82) is 0 Å². The normalized spacial score (nSPS) is 11.2. The molecular weight excluding hydrogens is 245 g/mol. The van der Waals surface area contributed by atoms with Crippen LogP contribution in [0.4, 0.5) is 4.39 Å². The molecule has 0 radical (unpaired) electrons. The molecule has 4 heteroatoms. The van der Waals surface area contributed by atoms with Gasteiger partial charge in [-0.2, -0.15) is 0 Å². The van der Waals surface area contributed by atoms with Gasteiger partial charge < -0.3 is 10.0 Å². The SMILES string of the molecule is CC(C)N(CCCO)C(=O)/C=C/c1ccc(F)cc1. The minimum atomic E-state index is -0.296. The van der Waals surface area contributed by atoms with Gasteiger partial charge in [0.15, 0.2) is 0 Å². The van der Waals surface area contributed by atoms with E-state index in [-0.39, 0.29) is 24.4 Å². The van der Waals surface area contributed by atoms with Crippen LogP contribution in [0.25, 0.3) is 6.08 Å². The molecule has 0 bridgehead atoms. The molecular formula is C15H20FNO2. The van der Waals surface area contributed by atoms with Gasteiger partial charge in [0.25, 0.3) is 0 Å². The minimum absolute atomic E-state index is 0.0676. The molecule has 1 rings (SSSR count). The Labute approximate surface area is 113 Å². The second kappa shape index (κ2) is 7.69. The molecule has 0 aromatic heterocycles. The molecule has 0 atom stereocenters. The van der Waals surface area contributed by atoms with E-state index in [9.17, 15) is 9.18 Å². The summed E-state index contributed by atoms with van der Waals surface area (Å²) >= 11 is 0. The van der Waals surface area contributed by atoms with E-state index in [4.69, 9.17) is 5.11 Å². The van der Waals surface area contributed by atoms with Crippen LogP contribution in [-0.4, -0.2) is 35.1 Å². The van der Waals surface area contributed by atoms with Crippen LogP contribution in [0.5, 0.6) is 0 Å². The van der Waals surface area contributed by atoms with E-state index in [1.165, 1.54) is 18.2 Å². The number of aliphatic hydroxyl groups excluding tert-OH is 1. The molecule has 0 aliphatic heterocycles. The average Bonchev–Trinajstić information content (AvgIpc) is 2.38. The number of benzene rings is 1. The van der Waals surface area contributed by atoms with Crippen molar-refractivity contribution >= 4 is 12.0 Å². The maximum Gasteiger partial charge on any atom is 0.246 e. The maximum absolute atomic E-state index is 12.7. The molecule has 0 spiro atoms. The molecule has 3 nitrogen and oxygen atoms in total. The Balaban J connectivity index is 2.67. The number of carbonyl (C=O) groups excluding carboxylic acids is 1. The van der Waals surface area contributed by atoms with E-state index in [2.05, 4.69) is 0 Å². The molecule has 19 heavy (non-hydrogen) atoms. The third-order valence-corrected chi connectivity index (χ3v) is 2.75. The molecule has 0 unspecified atom stereocenters. The lowest BCUT2D eigenvalue weighted by molar-refractivity contribution is -0.127. The number of halogens is 1. The van der Waals surface area contributed by atoms with Gasteiger partial charge in [0, 0.05) is 25.3 Å². The van der Waals surface area contributed by atoms with Crippen molar-refractivity contribution in [1.82, 2.24) is 4.90 Å². The molecule has 1 aromatic carbocycles. The number of hydrogen-bond acceptors (Lipinski definition) is 2. The second-order valence-electron chi connectivity index (χ2n) is 4.59. The molecule has 1 N–H and O–H groups in total. The molecule has 0 aliphatic carbocycles. The molecule has 0 aliphatic rings. The summed E-state index contributed by atoms with van der Waals surface area (Å²) in [6.45, 7) is 4.46. The first-order valence-electron chi connectivity index (χ1n) is 6.39. The molecule has 0 saturated carbocycles. The van der Waals surface area contributed by atoms with E-state index >= 15 is 0 Å². The summed E-state index contributed by atoms with van der Waals surface area (Å²) in [5.74, 6) is -0.400. The van der Waals surface area contributed by atoms with Gasteiger partial charge in [-0.1, -0.05) is 12.1 Å². The Bertz CT molecular complexity index is 426. The highest BCUT2D eigenvalue weighted by molar-refractivity contribution is 5.91. The standard InChI is InChI=1S/C15H20FNO2/c1-12(2)17(10-3-11-18)15(19)9-6-13-4-7-14(16)8-5-13/h4-9,12,18H,3,10-11H2,1-2H3/b9-6+. The first-order chi connectivity index (χ1) is 9.04. The van der Waals surface area contributed by atoms with E-state index in [1.807, 2.05) is 13.8 Å². The Morgan fingerprint density at radius 3 is 2.53 bits per heavy atom. The van der Waals surface area contributed by atoms with Gasteiger partial charge in [-0.25, -0.2) is 4.39 Å². The van der Waals surface area contributed by atoms with Crippen molar-refractivity contribution in [2.24, 2.45) is 0 Å². The van der Waals surface area contributed by atoms with Crippen LogP contribution in [0.3, 0.4) is 0 Å². The molecule has 0 fully saturated rings. The molecule has 1 amide bonds. The van der Waals surface area contributed by atoms with Gasteiger partial charge in [-0.05, 0) is 44.0 Å². The lowest BCUT2D eigenvalue weighted by Crippen LogP contribution is -2.36. The van der Waals surface area contributed by atoms with Gasteiger partial charge in [0.05, 0.1) is 0 Å². The lowest BCUT2D eigenvalue weighted by atomic mass is 10.2. The molecule has 0 heterocycles. The van der Waals surface area contributed by atoms with Crippen LogP contribution >= 0.6 is 0 Å². The summed E-state index contributed by atoms with van der Waals surface area (Å²) in [5.41, 5.74) is 0.778. The number of hydrogen-bond donors (Lipinski definition) is 1. The van der Waals surface area contributed by atoms with Crippen LogP contribution < -0.4 is 0 Å². The highest BCUT2D eigenvalue weighted by Gasteiger charge is 2.13. The van der Waals surface area contributed by atoms with E-state index in [1.54, 1.807) is 23.1 Å². The Morgan fingerprint density at radius 1 is 1.37 bits per heavy atom. The summed E-state index contributed by atoms with van der Waals surface area (Å²) in [7, 11) is 0. The average molecular weight is 265 g/mol. The van der Waals surface area contributed by atoms with Crippen molar-refractivity contribution in [3.8, 4) is 0 Å². The van der Waals surface area contributed by atoms with Crippen molar-refractivity contribution in [3.63, 3.8) is 0 Å². The first-order valence-corrected chi connectivity index (χ1v) is 6.39. The predicted octanol–water partition coefficient (Wildman–Crippen LogP) is 2.46. The van der Waals surface area contributed by atoms with Gasteiger partial charge in [0.1, 0.15) is 5.82 Å². The highest BCUT2D eigenvalue weighted by atomic mass is 19.1. The first kappa shape index (κ1) is 15.4. The third kappa shape index (κ3) is 5.22. The predicted molar refractivity (Wildman–Crippen MR) is 74.0 cm³/mol. The Hall–Kier alpha value is -1.68. The van der Waals surface area contributed by atoms with Crippen LogP contribution in [0, 0.1) is 5.82 Å². The zero-order valence-electron chi connectivity index (χ0n) is 11.3. The number of carbonyl (C=O) groups is 1. The fourth-order valence-electron chi connectivity index (χ4n) is 1.70. The van der Waals surface area contributed by atoms with Crippen molar-refractivity contribution in [2.45, 2.75) is 26.3 Å². The monoisotopic (exact) mass is 265 g/mol. The van der Waals surface area contributed by atoms with E-state index in [0.717, 1.165) is 5.56 Å². The lowest BCUT2D eigenvalue weighted by Gasteiger charge is -2.25.